The van der Waals surface area contributed by atoms with Gasteiger partial charge in [0.25, 0.3) is 0 Å². The molecule has 1 nitrogen and oxygen atoms in total. The molecule has 0 spiro atoms. The lowest BCUT2D eigenvalue weighted by Gasteiger charge is -2.08. The van der Waals surface area contributed by atoms with E-state index in [4.69, 9.17) is 4.74 Å². The van der Waals surface area contributed by atoms with Gasteiger partial charge >= 0.3 is 0 Å². The van der Waals surface area contributed by atoms with E-state index >= 15 is 0 Å². The summed E-state index contributed by atoms with van der Waals surface area (Å²) in [6, 6.07) is 12.5. The number of rotatable bonds is 8. The Morgan fingerprint density at radius 1 is 0.788 bits per heavy atom. The van der Waals surface area contributed by atoms with Crippen LogP contribution < -0.4 is 4.74 Å². The van der Waals surface area contributed by atoms with Crippen molar-refractivity contribution in [2.45, 2.75) is 32.6 Å². The van der Waals surface area contributed by atoms with Gasteiger partial charge in [-0.25, -0.2) is 13.2 Å². The second-order valence-electron chi connectivity index (χ2n) is 7.53. The highest BCUT2D eigenvalue weighted by Gasteiger charge is 2.15. The van der Waals surface area contributed by atoms with Crippen molar-refractivity contribution in [2.24, 2.45) is 0 Å². The Bertz CT molecular complexity index is 1190. The predicted molar refractivity (Wildman–Crippen MR) is 123 cm³/mol. The lowest BCUT2D eigenvalue weighted by molar-refractivity contribution is 0.332. The van der Waals surface area contributed by atoms with Crippen LogP contribution in [0.25, 0.3) is 11.1 Å². The third-order valence-corrected chi connectivity index (χ3v) is 5.15. The number of ether oxygens (including phenoxy) is 1. The molecule has 3 aromatic rings. The van der Waals surface area contributed by atoms with Gasteiger partial charge in [-0.2, -0.15) is 4.39 Å². The minimum absolute atomic E-state index is 0.0137. The Morgan fingerprint density at radius 2 is 1.42 bits per heavy atom. The van der Waals surface area contributed by atoms with Crippen molar-refractivity contribution < 1.29 is 22.3 Å². The lowest BCUT2D eigenvalue weighted by atomic mass is 9.99. The summed E-state index contributed by atoms with van der Waals surface area (Å²) < 4.78 is 62.7. The monoisotopic (exact) mass is 452 g/mol. The van der Waals surface area contributed by atoms with Crippen LogP contribution in [0.3, 0.4) is 0 Å². The second kappa shape index (κ2) is 11.4. The molecule has 0 amide bonds. The van der Waals surface area contributed by atoms with Gasteiger partial charge in [0.15, 0.2) is 23.2 Å². The van der Waals surface area contributed by atoms with E-state index in [0.717, 1.165) is 31.2 Å². The number of unbranched alkanes of at least 4 members (excludes halogenated alkanes) is 2. The Balaban J connectivity index is 1.83. The summed E-state index contributed by atoms with van der Waals surface area (Å²) >= 11 is 0. The van der Waals surface area contributed by atoms with Crippen molar-refractivity contribution >= 4 is 0 Å². The molecule has 3 aromatic carbocycles. The first kappa shape index (κ1) is 24.1. The van der Waals surface area contributed by atoms with E-state index in [1.165, 1.54) is 30.3 Å². The molecule has 0 atom stereocenters. The largest absolute Gasteiger partial charge is 0.486 e. The molecule has 0 unspecified atom stereocenters. The summed E-state index contributed by atoms with van der Waals surface area (Å²) in [7, 11) is 0. The van der Waals surface area contributed by atoms with Gasteiger partial charge in [-0.05, 0) is 48.2 Å². The molecule has 0 fully saturated rings. The van der Waals surface area contributed by atoms with Crippen molar-refractivity contribution in [3.05, 3.63) is 101 Å². The van der Waals surface area contributed by atoms with Crippen molar-refractivity contribution in [2.75, 3.05) is 6.61 Å². The molecule has 0 aliphatic rings. The van der Waals surface area contributed by atoms with Gasteiger partial charge in [0, 0.05) is 5.56 Å². The molecule has 0 radical (unpaired) electrons. The zero-order valence-electron chi connectivity index (χ0n) is 18.4. The van der Waals surface area contributed by atoms with Crippen LogP contribution in [-0.2, 0) is 6.42 Å². The Labute approximate surface area is 191 Å². The molecule has 0 bridgehead atoms. The second-order valence-corrected chi connectivity index (χ2v) is 7.53. The van der Waals surface area contributed by atoms with Gasteiger partial charge in [0.1, 0.15) is 6.61 Å². The Morgan fingerprint density at radius 3 is 2.06 bits per heavy atom. The maximum absolute atomic E-state index is 14.7. The van der Waals surface area contributed by atoms with Gasteiger partial charge in [0.05, 0.1) is 11.1 Å². The summed E-state index contributed by atoms with van der Waals surface area (Å²) in [6.45, 7) is 5.59. The zero-order valence-corrected chi connectivity index (χ0v) is 18.4. The minimum atomic E-state index is -1.22. The van der Waals surface area contributed by atoms with Crippen molar-refractivity contribution in [1.29, 1.82) is 0 Å². The number of hydrogen-bond acceptors (Lipinski definition) is 1. The molecular weight excluding hydrogens is 428 g/mol. The highest BCUT2D eigenvalue weighted by molar-refractivity contribution is 5.66. The normalized spacial score (nSPS) is 10.5. The number of hydrogen-bond donors (Lipinski definition) is 0. The molecule has 0 saturated carbocycles. The van der Waals surface area contributed by atoms with Gasteiger partial charge < -0.3 is 4.74 Å². The zero-order chi connectivity index (χ0) is 23.8. The van der Waals surface area contributed by atoms with E-state index in [9.17, 15) is 17.6 Å². The van der Waals surface area contributed by atoms with Crippen molar-refractivity contribution in [3.8, 4) is 28.7 Å². The van der Waals surface area contributed by atoms with E-state index in [-0.39, 0.29) is 29.0 Å². The SMILES string of the molecule is C=CCOc1ccc(C#Cc2ccc(-c3ccc(CCCCC)cc3)c(F)c2F)c(F)c1F. The molecule has 33 heavy (non-hydrogen) atoms. The van der Waals surface area contributed by atoms with Crippen LogP contribution in [-0.4, -0.2) is 6.61 Å². The summed E-state index contributed by atoms with van der Waals surface area (Å²) in [5, 5.41) is 0. The van der Waals surface area contributed by atoms with Gasteiger partial charge in [-0.3, -0.25) is 0 Å². The standard InChI is InChI=1S/C28H24F4O/c1-3-5-6-7-19-8-10-20(11-9-19)23-16-14-21(25(29)27(23)31)12-13-22-15-17-24(33-18-4-2)28(32)26(22)30/h4,8-11,14-17H,2-3,5-7,18H2,1H3. The first-order valence-corrected chi connectivity index (χ1v) is 10.8. The molecule has 0 aliphatic heterocycles. The number of benzene rings is 3. The van der Waals surface area contributed by atoms with E-state index in [1.54, 1.807) is 12.1 Å². The summed E-state index contributed by atoms with van der Waals surface area (Å²) in [4.78, 5) is 0. The molecule has 0 N–H and O–H groups in total. The number of halogens is 4. The van der Waals surface area contributed by atoms with Crippen molar-refractivity contribution in [1.82, 2.24) is 0 Å². The van der Waals surface area contributed by atoms with Crippen LogP contribution in [0.5, 0.6) is 5.75 Å². The molecule has 170 valence electrons. The summed E-state index contributed by atoms with van der Waals surface area (Å²) in [5.74, 6) is -0.136. The fourth-order valence-electron chi connectivity index (χ4n) is 3.32. The molecule has 3 rings (SSSR count). The molecule has 0 aliphatic carbocycles. The molecule has 0 aromatic heterocycles. The maximum Gasteiger partial charge on any atom is 0.201 e. The quantitative estimate of drug-likeness (QED) is 0.148. The molecule has 0 heterocycles. The molecule has 5 heteroatoms. The predicted octanol–water partition coefficient (Wildman–Crippen LogP) is 7.61. The topological polar surface area (TPSA) is 9.23 Å². The fraction of sp³-hybridized carbons (Fsp3) is 0.214. The molecular formula is C28H24F4O. The summed E-state index contributed by atoms with van der Waals surface area (Å²) in [6.07, 6.45) is 5.70. The third kappa shape index (κ3) is 5.84. The maximum atomic E-state index is 14.7. The lowest BCUT2D eigenvalue weighted by Crippen LogP contribution is -1.99. The van der Waals surface area contributed by atoms with Crippen LogP contribution in [0, 0.1) is 35.1 Å². The Hall–Kier alpha value is -3.52. The van der Waals surface area contributed by atoms with Gasteiger partial charge in [-0.15, -0.1) is 0 Å². The third-order valence-electron chi connectivity index (χ3n) is 5.15. The van der Waals surface area contributed by atoms with Crippen LogP contribution in [0.15, 0.2) is 61.2 Å². The van der Waals surface area contributed by atoms with E-state index in [2.05, 4.69) is 25.3 Å². The van der Waals surface area contributed by atoms with E-state index < -0.39 is 23.3 Å². The van der Waals surface area contributed by atoms with Crippen LogP contribution in [0.2, 0.25) is 0 Å². The minimum Gasteiger partial charge on any atom is -0.486 e. The molecule has 0 saturated heterocycles. The van der Waals surface area contributed by atoms with Crippen LogP contribution in [0.1, 0.15) is 42.9 Å². The summed E-state index contributed by atoms with van der Waals surface area (Å²) in [5.41, 5.74) is 1.26. The average Bonchev–Trinajstić information content (AvgIpc) is 2.82. The first-order valence-electron chi connectivity index (χ1n) is 10.8. The van der Waals surface area contributed by atoms with E-state index in [1.807, 2.05) is 12.1 Å². The van der Waals surface area contributed by atoms with Gasteiger partial charge in [0.2, 0.25) is 5.82 Å². The first-order chi connectivity index (χ1) is 16.0. The van der Waals surface area contributed by atoms with E-state index in [0.29, 0.717) is 5.56 Å². The smallest absolute Gasteiger partial charge is 0.201 e. The van der Waals surface area contributed by atoms with Crippen LogP contribution >= 0.6 is 0 Å². The van der Waals surface area contributed by atoms with Crippen LogP contribution in [0.4, 0.5) is 17.6 Å². The average molecular weight is 452 g/mol. The number of aryl methyl sites for hydroxylation is 1. The van der Waals surface area contributed by atoms with Crippen molar-refractivity contribution in [3.63, 3.8) is 0 Å². The highest BCUT2D eigenvalue weighted by Crippen LogP contribution is 2.27. The highest BCUT2D eigenvalue weighted by atomic mass is 19.2. The Kier molecular flexibility index (Phi) is 8.32. The van der Waals surface area contributed by atoms with Gasteiger partial charge in [-0.1, -0.05) is 68.5 Å². The fourth-order valence-corrected chi connectivity index (χ4v) is 3.32.